The molecule has 2 aromatic rings. The van der Waals surface area contributed by atoms with Crippen LogP contribution < -0.4 is 11.1 Å². The second kappa shape index (κ2) is 7.29. The Morgan fingerprint density at radius 1 is 1.23 bits per heavy atom. The average Bonchev–Trinajstić information content (AvgIpc) is 2.49. The maximum atomic E-state index is 11.9. The summed E-state index contributed by atoms with van der Waals surface area (Å²) >= 11 is 9.11. The molecule has 5 nitrogen and oxygen atoms in total. The Labute approximate surface area is 140 Å². The molecule has 0 aliphatic rings. The number of rotatable bonds is 4. The van der Waals surface area contributed by atoms with E-state index in [1.165, 1.54) is 12.1 Å². The SMILES string of the molecule is Nc1ccc(Cl)cc1C(=O)OCC(=O)Nc1ccccc1Br. The van der Waals surface area contributed by atoms with Gasteiger partial charge in [-0.15, -0.1) is 0 Å². The van der Waals surface area contributed by atoms with Crippen LogP contribution in [-0.2, 0) is 9.53 Å². The fourth-order valence-corrected chi connectivity index (χ4v) is 2.22. The van der Waals surface area contributed by atoms with Crippen molar-refractivity contribution in [3.63, 3.8) is 0 Å². The summed E-state index contributed by atoms with van der Waals surface area (Å²) in [6.07, 6.45) is 0. The van der Waals surface area contributed by atoms with Gasteiger partial charge in [0.2, 0.25) is 0 Å². The molecule has 0 unspecified atom stereocenters. The van der Waals surface area contributed by atoms with E-state index in [2.05, 4.69) is 21.2 Å². The molecule has 0 radical (unpaired) electrons. The standard InChI is InChI=1S/C15H12BrClN2O3/c16-11-3-1-2-4-13(11)19-14(20)8-22-15(21)10-7-9(17)5-6-12(10)18/h1-7H,8,18H2,(H,19,20). The molecule has 3 N–H and O–H groups in total. The largest absolute Gasteiger partial charge is 0.452 e. The Kier molecular flexibility index (Phi) is 5.41. The zero-order chi connectivity index (χ0) is 16.1. The minimum atomic E-state index is -0.706. The number of hydrogen-bond acceptors (Lipinski definition) is 4. The smallest absolute Gasteiger partial charge is 0.340 e. The summed E-state index contributed by atoms with van der Waals surface area (Å²) in [7, 11) is 0. The van der Waals surface area contributed by atoms with Gasteiger partial charge in [0.25, 0.3) is 5.91 Å². The number of carbonyl (C=O) groups is 2. The van der Waals surface area contributed by atoms with Crippen LogP contribution in [0.25, 0.3) is 0 Å². The lowest BCUT2D eigenvalue weighted by Crippen LogP contribution is -2.21. The molecule has 2 rings (SSSR count). The molecule has 22 heavy (non-hydrogen) atoms. The number of anilines is 2. The van der Waals surface area contributed by atoms with Crippen LogP contribution >= 0.6 is 27.5 Å². The van der Waals surface area contributed by atoms with Gasteiger partial charge in [0.05, 0.1) is 11.3 Å². The van der Waals surface area contributed by atoms with Crippen LogP contribution in [0.4, 0.5) is 11.4 Å². The lowest BCUT2D eigenvalue weighted by molar-refractivity contribution is -0.119. The molecule has 0 atom stereocenters. The molecule has 0 bridgehead atoms. The molecule has 0 spiro atoms. The fourth-order valence-electron chi connectivity index (χ4n) is 1.66. The molecule has 0 aromatic heterocycles. The van der Waals surface area contributed by atoms with Gasteiger partial charge >= 0.3 is 5.97 Å². The van der Waals surface area contributed by atoms with E-state index in [4.69, 9.17) is 22.1 Å². The topological polar surface area (TPSA) is 81.4 Å². The zero-order valence-corrected chi connectivity index (χ0v) is 13.6. The summed E-state index contributed by atoms with van der Waals surface area (Å²) < 4.78 is 5.66. The lowest BCUT2D eigenvalue weighted by atomic mass is 10.2. The predicted molar refractivity (Wildman–Crippen MR) is 88.9 cm³/mol. The summed E-state index contributed by atoms with van der Waals surface area (Å²) in [6.45, 7) is -0.424. The summed E-state index contributed by atoms with van der Waals surface area (Å²) in [5.74, 6) is -1.16. The summed E-state index contributed by atoms with van der Waals surface area (Å²) in [5.41, 5.74) is 6.63. The van der Waals surface area contributed by atoms with Crippen LogP contribution in [0.1, 0.15) is 10.4 Å². The van der Waals surface area contributed by atoms with Gasteiger partial charge < -0.3 is 15.8 Å². The highest BCUT2D eigenvalue weighted by Gasteiger charge is 2.14. The Morgan fingerprint density at radius 2 is 1.95 bits per heavy atom. The van der Waals surface area contributed by atoms with Crippen molar-refractivity contribution in [3.05, 3.63) is 57.5 Å². The van der Waals surface area contributed by atoms with Crippen LogP contribution in [0.5, 0.6) is 0 Å². The zero-order valence-electron chi connectivity index (χ0n) is 11.3. The monoisotopic (exact) mass is 382 g/mol. The Balaban J connectivity index is 1.95. The molecule has 0 saturated carbocycles. The van der Waals surface area contributed by atoms with Gasteiger partial charge in [-0.1, -0.05) is 23.7 Å². The van der Waals surface area contributed by atoms with Gasteiger partial charge in [0.15, 0.2) is 6.61 Å². The first-order valence-corrected chi connectivity index (χ1v) is 7.41. The molecular formula is C15H12BrClN2O3. The molecule has 7 heteroatoms. The quantitative estimate of drug-likeness (QED) is 0.625. The first kappa shape index (κ1) is 16.3. The fraction of sp³-hybridized carbons (Fsp3) is 0.0667. The van der Waals surface area contributed by atoms with E-state index in [0.717, 1.165) is 4.47 Å². The third-order valence-corrected chi connectivity index (χ3v) is 3.64. The molecule has 2 aromatic carbocycles. The maximum absolute atomic E-state index is 11.9. The number of carbonyl (C=O) groups excluding carboxylic acids is 2. The minimum Gasteiger partial charge on any atom is -0.452 e. The number of nitrogens with one attached hydrogen (secondary N) is 1. The number of halogens is 2. The van der Waals surface area contributed by atoms with Crippen molar-refractivity contribution in [1.29, 1.82) is 0 Å². The number of amides is 1. The van der Waals surface area contributed by atoms with Crippen molar-refractivity contribution in [3.8, 4) is 0 Å². The van der Waals surface area contributed by atoms with E-state index >= 15 is 0 Å². The van der Waals surface area contributed by atoms with E-state index in [9.17, 15) is 9.59 Å². The first-order valence-electron chi connectivity index (χ1n) is 6.24. The molecule has 0 saturated heterocycles. The second-order valence-corrected chi connectivity index (χ2v) is 5.63. The van der Waals surface area contributed by atoms with Crippen molar-refractivity contribution >= 4 is 50.8 Å². The van der Waals surface area contributed by atoms with Crippen molar-refractivity contribution < 1.29 is 14.3 Å². The number of nitrogen functional groups attached to an aromatic ring is 1. The Hall–Kier alpha value is -2.05. The maximum Gasteiger partial charge on any atom is 0.340 e. The number of esters is 1. The van der Waals surface area contributed by atoms with Gasteiger partial charge in [0, 0.05) is 15.2 Å². The van der Waals surface area contributed by atoms with Crippen LogP contribution in [0.2, 0.25) is 5.02 Å². The number of benzene rings is 2. The van der Waals surface area contributed by atoms with Crippen molar-refractivity contribution in [2.24, 2.45) is 0 Å². The van der Waals surface area contributed by atoms with Crippen LogP contribution in [0.15, 0.2) is 46.9 Å². The number of nitrogens with two attached hydrogens (primary N) is 1. The number of ether oxygens (including phenoxy) is 1. The van der Waals surface area contributed by atoms with E-state index in [0.29, 0.717) is 10.7 Å². The average molecular weight is 384 g/mol. The van der Waals surface area contributed by atoms with E-state index in [-0.39, 0.29) is 11.3 Å². The highest BCUT2D eigenvalue weighted by molar-refractivity contribution is 9.10. The van der Waals surface area contributed by atoms with Crippen LogP contribution in [0, 0.1) is 0 Å². The van der Waals surface area contributed by atoms with Gasteiger partial charge in [-0.25, -0.2) is 4.79 Å². The molecule has 114 valence electrons. The summed E-state index contributed by atoms with van der Waals surface area (Å²) in [6, 6.07) is 11.6. The van der Waals surface area contributed by atoms with Crippen molar-refractivity contribution in [2.75, 3.05) is 17.7 Å². The Morgan fingerprint density at radius 3 is 2.68 bits per heavy atom. The lowest BCUT2D eigenvalue weighted by Gasteiger charge is -2.09. The van der Waals surface area contributed by atoms with Crippen molar-refractivity contribution in [2.45, 2.75) is 0 Å². The molecule has 0 aliphatic carbocycles. The third-order valence-electron chi connectivity index (χ3n) is 2.72. The van der Waals surface area contributed by atoms with E-state index < -0.39 is 18.5 Å². The Bertz CT molecular complexity index is 722. The molecular weight excluding hydrogens is 372 g/mol. The normalized spacial score (nSPS) is 10.1. The molecule has 0 heterocycles. The highest BCUT2D eigenvalue weighted by atomic mass is 79.9. The van der Waals surface area contributed by atoms with E-state index in [1.54, 1.807) is 24.3 Å². The van der Waals surface area contributed by atoms with Crippen molar-refractivity contribution in [1.82, 2.24) is 0 Å². The van der Waals surface area contributed by atoms with Gasteiger partial charge in [-0.05, 0) is 46.3 Å². The molecule has 0 fully saturated rings. The minimum absolute atomic E-state index is 0.126. The molecule has 1 amide bonds. The highest BCUT2D eigenvalue weighted by Crippen LogP contribution is 2.21. The third kappa shape index (κ3) is 4.22. The van der Waals surface area contributed by atoms with Crippen LogP contribution in [0.3, 0.4) is 0 Å². The van der Waals surface area contributed by atoms with Crippen LogP contribution in [-0.4, -0.2) is 18.5 Å². The number of para-hydroxylation sites is 1. The second-order valence-electron chi connectivity index (χ2n) is 4.34. The predicted octanol–water partition coefficient (Wildman–Crippen LogP) is 3.48. The van der Waals surface area contributed by atoms with Gasteiger partial charge in [-0.3, -0.25) is 4.79 Å². The first-order chi connectivity index (χ1) is 10.5. The summed E-state index contributed by atoms with van der Waals surface area (Å²) in [5, 5.41) is 2.98. The summed E-state index contributed by atoms with van der Waals surface area (Å²) in [4.78, 5) is 23.7. The number of hydrogen-bond donors (Lipinski definition) is 2. The molecule has 0 aliphatic heterocycles. The van der Waals surface area contributed by atoms with Gasteiger partial charge in [-0.2, -0.15) is 0 Å². The van der Waals surface area contributed by atoms with E-state index in [1.807, 2.05) is 6.07 Å². The van der Waals surface area contributed by atoms with Gasteiger partial charge in [0.1, 0.15) is 0 Å².